The van der Waals surface area contributed by atoms with Crippen LogP contribution in [0.4, 0.5) is 0 Å². The number of primary amides is 1. The third kappa shape index (κ3) is 9.07. The third-order valence-electron chi connectivity index (χ3n) is 1.33. The molecule has 0 aromatic rings. The number of thiocarbonyl (C=S) groups is 1. The Morgan fingerprint density at radius 2 is 2.08 bits per heavy atom. The highest BCUT2D eigenvalue weighted by molar-refractivity contribution is 7.80. The second-order valence-corrected chi connectivity index (χ2v) is 3.66. The average Bonchev–Trinajstić information content (AvgIpc) is 2.00. The molecule has 4 nitrogen and oxygen atoms in total. The Morgan fingerprint density at radius 3 is 2.54 bits per heavy atom. The van der Waals surface area contributed by atoms with E-state index >= 15 is 0 Å². The van der Waals surface area contributed by atoms with Gasteiger partial charge in [-0.15, -0.1) is 0 Å². The highest BCUT2D eigenvalue weighted by atomic mass is 32.1. The molecule has 0 saturated heterocycles. The van der Waals surface area contributed by atoms with Gasteiger partial charge in [-0.05, 0) is 18.1 Å². The van der Waals surface area contributed by atoms with E-state index in [-0.39, 0.29) is 5.91 Å². The lowest BCUT2D eigenvalue weighted by molar-refractivity contribution is -0.117. The van der Waals surface area contributed by atoms with Gasteiger partial charge in [0, 0.05) is 19.5 Å². The van der Waals surface area contributed by atoms with Crippen molar-refractivity contribution in [3.8, 4) is 0 Å². The molecular weight excluding hydrogens is 186 g/mol. The van der Waals surface area contributed by atoms with Crippen molar-refractivity contribution in [2.75, 3.05) is 13.1 Å². The van der Waals surface area contributed by atoms with Crippen molar-refractivity contribution in [2.24, 2.45) is 11.7 Å². The molecule has 0 aliphatic rings. The van der Waals surface area contributed by atoms with Gasteiger partial charge >= 0.3 is 0 Å². The van der Waals surface area contributed by atoms with E-state index in [1.807, 2.05) is 0 Å². The van der Waals surface area contributed by atoms with Gasteiger partial charge in [0.05, 0.1) is 0 Å². The molecule has 13 heavy (non-hydrogen) atoms. The Morgan fingerprint density at radius 1 is 1.46 bits per heavy atom. The van der Waals surface area contributed by atoms with Crippen molar-refractivity contribution >= 4 is 23.2 Å². The van der Waals surface area contributed by atoms with E-state index in [1.165, 1.54) is 0 Å². The van der Waals surface area contributed by atoms with Crippen LogP contribution in [0, 0.1) is 5.92 Å². The smallest absolute Gasteiger partial charge is 0.219 e. The highest BCUT2D eigenvalue weighted by Crippen LogP contribution is 1.86. The zero-order valence-electron chi connectivity index (χ0n) is 8.09. The third-order valence-corrected chi connectivity index (χ3v) is 1.62. The van der Waals surface area contributed by atoms with E-state index in [2.05, 4.69) is 24.5 Å². The lowest BCUT2D eigenvalue weighted by Crippen LogP contribution is -2.38. The van der Waals surface area contributed by atoms with Crippen LogP contribution in [0.1, 0.15) is 20.3 Å². The van der Waals surface area contributed by atoms with Gasteiger partial charge < -0.3 is 16.4 Å². The number of amides is 1. The Hall–Kier alpha value is -0.840. The van der Waals surface area contributed by atoms with Gasteiger partial charge in [0.1, 0.15) is 0 Å². The monoisotopic (exact) mass is 203 g/mol. The van der Waals surface area contributed by atoms with E-state index in [0.717, 1.165) is 6.54 Å². The van der Waals surface area contributed by atoms with Crippen LogP contribution in [0.3, 0.4) is 0 Å². The minimum Gasteiger partial charge on any atom is -0.370 e. The largest absolute Gasteiger partial charge is 0.370 e. The quantitative estimate of drug-likeness (QED) is 0.549. The molecule has 0 saturated carbocycles. The Labute approximate surface area is 84.3 Å². The fourth-order valence-corrected chi connectivity index (χ4v) is 0.844. The summed E-state index contributed by atoms with van der Waals surface area (Å²) in [5.41, 5.74) is 4.96. The lowest BCUT2D eigenvalue weighted by atomic mass is 10.2. The number of rotatable bonds is 5. The van der Waals surface area contributed by atoms with Crippen molar-refractivity contribution in [2.45, 2.75) is 20.3 Å². The van der Waals surface area contributed by atoms with E-state index < -0.39 is 0 Å². The molecule has 0 heterocycles. The molecular formula is C8H17N3OS. The van der Waals surface area contributed by atoms with Crippen LogP contribution in [-0.2, 0) is 4.79 Å². The highest BCUT2D eigenvalue weighted by Gasteiger charge is 1.98. The molecule has 0 spiro atoms. The van der Waals surface area contributed by atoms with Crippen molar-refractivity contribution in [3.63, 3.8) is 0 Å². The Kier molecular flexibility index (Phi) is 6.22. The summed E-state index contributed by atoms with van der Waals surface area (Å²) in [6, 6.07) is 0. The minimum atomic E-state index is -0.320. The van der Waals surface area contributed by atoms with Crippen LogP contribution in [0.5, 0.6) is 0 Å². The molecule has 0 aliphatic heterocycles. The first-order chi connectivity index (χ1) is 6.02. The molecule has 0 aliphatic carbocycles. The molecule has 1 amide bonds. The van der Waals surface area contributed by atoms with Crippen LogP contribution in [0.15, 0.2) is 0 Å². The van der Waals surface area contributed by atoms with Crippen molar-refractivity contribution < 1.29 is 4.79 Å². The summed E-state index contributed by atoms with van der Waals surface area (Å²) in [7, 11) is 0. The summed E-state index contributed by atoms with van der Waals surface area (Å²) in [5.74, 6) is 0.232. The maximum Gasteiger partial charge on any atom is 0.219 e. The SMILES string of the molecule is CC(C)CNC(=S)NCCC(N)=O. The fraction of sp³-hybridized carbons (Fsp3) is 0.750. The summed E-state index contributed by atoms with van der Waals surface area (Å²) in [6.45, 7) is 5.53. The molecule has 5 heteroatoms. The van der Waals surface area contributed by atoms with Crippen LogP contribution in [0.2, 0.25) is 0 Å². The summed E-state index contributed by atoms with van der Waals surface area (Å²) in [4.78, 5) is 10.4. The standard InChI is InChI=1S/C8H17N3OS/c1-6(2)5-11-8(13)10-4-3-7(9)12/h6H,3-5H2,1-2H3,(H2,9,12)(H2,10,11,13). The maximum atomic E-state index is 10.4. The van der Waals surface area contributed by atoms with E-state index in [9.17, 15) is 4.79 Å². The van der Waals surface area contributed by atoms with E-state index in [0.29, 0.717) is 24.0 Å². The van der Waals surface area contributed by atoms with E-state index in [4.69, 9.17) is 18.0 Å². The average molecular weight is 203 g/mol. The number of carbonyl (C=O) groups is 1. The van der Waals surface area contributed by atoms with Crippen LogP contribution in [0.25, 0.3) is 0 Å². The molecule has 0 radical (unpaired) electrons. The van der Waals surface area contributed by atoms with Gasteiger partial charge in [-0.1, -0.05) is 13.8 Å². The van der Waals surface area contributed by atoms with Crippen molar-refractivity contribution in [1.29, 1.82) is 0 Å². The van der Waals surface area contributed by atoms with Crippen LogP contribution >= 0.6 is 12.2 Å². The number of hydrogen-bond donors (Lipinski definition) is 3. The van der Waals surface area contributed by atoms with Crippen molar-refractivity contribution in [3.05, 3.63) is 0 Å². The molecule has 0 atom stereocenters. The molecule has 0 aromatic carbocycles. The second-order valence-electron chi connectivity index (χ2n) is 3.25. The van der Waals surface area contributed by atoms with Gasteiger partial charge in [-0.3, -0.25) is 4.79 Å². The minimum absolute atomic E-state index is 0.309. The summed E-state index contributed by atoms with van der Waals surface area (Å²) in [5, 5.41) is 6.49. The van der Waals surface area contributed by atoms with Crippen molar-refractivity contribution in [1.82, 2.24) is 10.6 Å². The fourth-order valence-electron chi connectivity index (χ4n) is 0.659. The second kappa shape index (κ2) is 6.65. The Balaban J connectivity index is 3.35. The summed E-state index contributed by atoms with van der Waals surface area (Å²) >= 11 is 4.95. The van der Waals surface area contributed by atoms with Gasteiger partial charge in [-0.2, -0.15) is 0 Å². The Bertz CT molecular complexity index is 182. The summed E-state index contributed by atoms with van der Waals surface area (Å²) in [6.07, 6.45) is 0.309. The zero-order valence-corrected chi connectivity index (χ0v) is 8.91. The zero-order chi connectivity index (χ0) is 10.3. The first-order valence-electron chi connectivity index (χ1n) is 4.32. The normalized spacial score (nSPS) is 9.77. The topological polar surface area (TPSA) is 67.2 Å². The lowest BCUT2D eigenvalue weighted by Gasteiger charge is -2.11. The molecule has 0 bridgehead atoms. The molecule has 0 fully saturated rings. The first kappa shape index (κ1) is 12.2. The summed E-state index contributed by atoms with van der Waals surface area (Å²) < 4.78 is 0. The predicted molar refractivity (Wildman–Crippen MR) is 57.3 cm³/mol. The van der Waals surface area contributed by atoms with E-state index in [1.54, 1.807) is 0 Å². The first-order valence-corrected chi connectivity index (χ1v) is 4.73. The molecule has 0 unspecified atom stereocenters. The number of nitrogens with two attached hydrogens (primary N) is 1. The maximum absolute atomic E-state index is 10.4. The molecule has 4 N–H and O–H groups in total. The number of carbonyl (C=O) groups excluding carboxylic acids is 1. The van der Waals surface area contributed by atoms with Gasteiger partial charge in [0.15, 0.2) is 5.11 Å². The number of nitrogens with one attached hydrogen (secondary N) is 2. The van der Waals surface area contributed by atoms with Crippen LogP contribution < -0.4 is 16.4 Å². The molecule has 76 valence electrons. The predicted octanol–water partition coefficient (Wildman–Crippen LogP) is -0.0181. The van der Waals surface area contributed by atoms with Crippen LogP contribution in [-0.4, -0.2) is 24.1 Å². The molecule has 0 aromatic heterocycles. The van der Waals surface area contributed by atoms with Gasteiger partial charge in [-0.25, -0.2) is 0 Å². The molecule has 0 rings (SSSR count). The van der Waals surface area contributed by atoms with Gasteiger partial charge in [0.2, 0.25) is 5.91 Å². The van der Waals surface area contributed by atoms with Gasteiger partial charge in [0.25, 0.3) is 0 Å². The number of hydrogen-bond acceptors (Lipinski definition) is 2.